The number of nitro benzene ring substituents is 1. The molecule has 0 saturated carbocycles. The fraction of sp³-hybridized carbons (Fsp3) is 0.286. The highest BCUT2D eigenvalue weighted by molar-refractivity contribution is 9.10. The summed E-state index contributed by atoms with van der Waals surface area (Å²) in [6, 6.07) is 7.14. The van der Waals surface area contributed by atoms with Crippen molar-refractivity contribution in [2.45, 2.75) is 26.4 Å². The van der Waals surface area contributed by atoms with Crippen LogP contribution >= 0.6 is 27.3 Å². The molecule has 0 radical (unpaired) electrons. The number of benzene rings is 1. The smallest absolute Gasteiger partial charge is 0.273 e. The van der Waals surface area contributed by atoms with Crippen molar-refractivity contribution in [3.05, 3.63) is 60.2 Å². The monoisotopic (exact) mass is 354 g/mol. The van der Waals surface area contributed by atoms with E-state index < -0.39 is 0 Å². The number of nitrogens with one attached hydrogen (secondary N) is 1. The Balaban J connectivity index is 2.04. The first-order valence-electron chi connectivity index (χ1n) is 6.30. The molecule has 1 N–H and O–H groups in total. The molecule has 4 nitrogen and oxygen atoms in total. The van der Waals surface area contributed by atoms with Gasteiger partial charge >= 0.3 is 0 Å². The second-order valence-corrected chi connectivity index (χ2v) is 6.27. The van der Waals surface area contributed by atoms with E-state index in [1.54, 1.807) is 23.5 Å². The van der Waals surface area contributed by atoms with Crippen LogP contribution in [0.4, 0.5) is 5.69 Å². The maximum atomic E-state index is 11.0. The van der Waals surface area contributed by atoms with Crippen LogP contribution in [-0.4, -0.2) is 4.92 Å². The van der Waals surface area contributed by atoms with Gasteiger partial charge in [-0.15, -0.1) is 11.3 Å². The van der Waals surface area contributed by atoms with Crippen LogP contribution in [0.5, 0.6) is 0 Å². The summed E-state index contributed by atoms with van der Waals surface area (Å²) in [5.74, 6) is 0. The predicted octanol–water partition coefficient (Wildman–Crippen LogP) is 4.27. The van der Waals surface area contributed by atoms with Gasteiger partial charge in [-0.3, -0.25) is 10.1 Å². The molecule has 2 rings (SSSR count). The molecule has 0 aliphatic carbocycles. The molecule has 0 atom stereocenters. The molecular weight excluding hydrogens is 340 g/mol. The van der Waals surface area contributed by atoms with Gasteiger partial charge in [0.25, 0.3) is 5.69 Å². The summed E-state index contributed by atoms with van der Waals surface area (Å²) < 4.78 is 0.852. The second kappa shape index (κ2) is 6.97. The lowest BCUT2D eigenvalue weighted by atomic mass is 10.1. The molecule has 0 fully saturated rings. The fourth-order valence-corrected chi connectivity index (χ4v) is 3.38. The molecule has 0 spiro atoms. The van der Waals surface area contributed by atoms with Crippen molar-refractivity contribution in [2.24, 2.45) is 0 Å². The number of hydrogen-bond acceptors (Lipinski definition) is 4. The van der Waals surface area contributed by atoms with Crippen LogP contribution in [0.2, 0.25) is 0 Å². The Bertz CT molecular complexity index is 613. The Kier molecular flexibility index (Phi) is 5.28. The van der Waals surface area contributed by atoms with Crippen molar-refractivity contribution in [2.75, 3.05) is 0 Å². The van der Waals surface area contributed by atoms with E-state index >= 15 is 0 Å². The summed E-state index contributed by atoms with van der Waals surface area (Å²) in [5, 5.41) is 16.4. The zero-order chi connectivity index (χ0) is 14.5. The topological polar surface area (TPSA) is 55.2 Å². The van der Waals surface area contributed by atoms with Crippen LogP contribution in [0.15, 0.2) is 34.1 Å². The van der Waals surface area contributed by atoms with Crippen molar-refractivity contribution < 1.29 is 4.92 Å². The van der Waals surface area contributed by atoms with Crippen LogP contribution in [0.3, 0.4) is 0 Å². The van der Waals surface area contributed by atoms with Gasteiger partial charge in [0.1, 0.15) is 0 Å². The standard InChI is InChI=1S/C14H15BrN2O2S/c1-2-10-5-6-20-14(10)9-16-8-11-7-12(15)3-4-13(11)17(18)19/h3-7,16H,2,8-9H2,1H3. The van der Waals surface area contributed by atoms with Crippen molar-refractivity contribution in [3.63, 3.8) is 0 Å². The van der Waals surface area contributed by atoms with Gasteiger partial charge in [-0.1, -0.05) is 22.9 Å². The van der Waals surface area contributed by atoms with Gasteiger partial charge in [-0.2, -0.15) is 0 Å². The van der Waals surface area contributed by atoms with Gasteiger partial charge in [0.15, 0.2) is 0 Å². The summed E-state index contributed by atoms with van der Waals surface area (Å²) in [4.78, 5) is 11.9. The van der Waals surface area contributed by atoms with Gasteiger partial charge in [0.05, 0.1) is 4.92 Å². The number of nitro groups is 1. The SMILES string of the molecule is CCc1ccsc1CNCc1cc(Br)ccc1[N+](=O)[O-]. The van der Waals surface area contributed by atoms with Gasteiger partial charge in [-0.05, 0) is 35.6 Å². The van der Waals surface area contributed by atoms with E-state index in [1.807, 2.05) is 0 Å². The van der Waals surface area contributed by atoms with Gasteiger partial charge in [-0.25, -0.2) is 0 Å². The van der Waals surface area contributed by atoms with Crippen LogP contribution in [0.1, 0.15) is 22.9 Å². The summed E-state index contributed by atoms with van der Waals surface area (Å²) in [6.45, 7) is 3.35. The Hall–Kier alpha value is -1.24. The number of nitrogens with zero attached hydrogens (tertiary/aromatic N) is 1. The average Bonchev–Trinajstić information content (AvgIpc) is 2.86. The fourth-order valence-electron chi connectivity index (χ4n) is 2.02. The zero-order valence-corrected chi connectivity index (χ0v) is 13.5. The van der Waals surface area contributed by atoms with Crippen LogP contribution < -0.4 is 5.32 Å². The molecule has 0 aliphatic rings. The highest BCUT2D eigenvalue weighted by Crippen LogP contribution is 2.23. The molecule has 6 heteroatoms. The molecule has 106 valence electrons. The maximum Gasteiger partial charge on any atom is 0.273 e. The van der Waals surface area contributed by atoms with Crippen LogP contribution in [0.25, 0.3) is 0 Å². The second-order valence-electron chi connectivity index (χ2n) is 4.36. The highest BCUT2D eigenvalue weighted by Gasteiger charge is 2.13. The van der Waals surface area contributed by atoms with E-state index in [9.17, 15) is 10.1 Å². The number of aryl methyl sites for hydroxylation is 1. The van der Waals surface area contributed by atoms with Crippen molar-refractivity contribution in [1.82, 2.24) is 5.32 Å². The molecule has 0 saturated heterocycles. The molecule has 1 heterocycles. The van der Waals surface area contributed by atoms with E-state index in [1.165, 1.54) is 16.5 Å². The summed E-state index contributed by atoms with van der Waals surface area (Å²) >= 11 is 5.07. The third-order valence-electron chi connectivity index (χ3n) is 3.06. The first-order valence-corrected chi connectivity index (χ1v) is 7.98. The lowest BCUT2D eigenvalue weighted by molar-refractivity contribution is -0.385. The third-order valence-corrected chi connectivity index (χ3v) is 4.51. The number of halogens is 1. The normalized spacial score (nSPS) is 10.7. The lowest BCUT2D eigenvalue weighted by Gasteiger charge is -2.06. The number of hydrogen-bond donors (Lipinski definition) is 1. The molecular formula is C14H15BrN2O2S. The molecule has 0 unspecified atom stereocenters. The first-order chi connectivity index (χ1) is 9.61. The predicted molar refractivity (Wildman–Crippen MR) is 85.0 cm³/mol. The molecule has 20 heavy (non-hydrogen) atoms. The van der Waals surface area contributed by atoms with Crippen LogP contribution in [0, 0.1) is 10.1 Å². The molecule has 1 aromatic carbocycles. The molecule has 0 aliphatic heterocycles. The van der Waals surface area contributed by atoms with E-state index in [0.717, 1.165) is 17.4 Å². The number of thiophene rings is 1. The van der Waals surface area contributed by atoms with Crippen molar-refractivity contribution in [1.29, 1.82) is 0 Å². The van der Waals surface area contributed by atoms with E-state index in [-0.39, 0.29) is 10.6 Å². The molecule has 1 aromatic heterocycles. The highest BCUT2D eigenvalue weighted by atomic mass is 79.9. The van der Waals surface area contributed by atoms with Crippen molar-refractivity contribution >= 4 is 33.0 Å². The average molecular weight is 355 g/mol. The van der Waals surface area contributed by atoms with E-state index in [2.05, 4.69) is 39.6 Å². The van der Waals surface area contributed by atoms with Gasteiger partial charge < -0.3 is 5.32 Å². The molecule has 2 aromatic rings. The zero-order valence-electron chi connectivity index (χ0n) is 11.1. The lowest BCUT2D eigenvalue weighted by Crippen LogP contribution is -2.14. The summed E-state index contributed by atoms with van der Waals surface area (Å²) in [6.07, 6.45) is 1.01. The quantitative estimate of drug-likeness (QED) is 0.622. The summed E-state index contributed by atoms with van der Waals surface area (Å²) in [5.41, 5.74) is 2.19. The summed E-state index contributed by atoms with van der Waals surface area (Å²) in [7, 11) is 0. The first kappa shape index (κ1) is 15.2. The minimum absolute atomic E-state index is 0.155. The number of rotatable bonds is 6. The van der Waals surface area contributed by atoms with Gasteiger partial charge in [0.2, 0.25) is 0 Å². The van der Waals surface area contributed by atoms with E-state index in [4.69, 9.17) is 0 Å². The van der Waals surface area contributed by atoms with Crippen molar-refractivity contribution in [3.8, 4) is 0 Å². The van der Waals surface area contributed by atoms with Gasteiger partial charge in [0, 0.05) is 34.1 Å². The molecule has 0 bridgehead atoms. The molecule has 0 amide bonds. The van der Waals surface area contributed by atoms with E-state index in [0.29, 0.717) is 12.1 Å². The Morgan fingerprint density at radius 3 is 2.80 bits per heavy atom. The Morgan fingerprint density at radius 1 is 1.30 bits per heavy atom. The minimum atomic E-state index is -0.341. The van der Waals surface area contributed by atoms with Crippen LogP contribution in [-0.2, 0) is 19.5 Å². The third kappa shape index (κ3) is 3.65. The maximum absolute atomic E-state index is 11.0. The Labute approximate surface area is 130 Å². The minimum Gasteiger partial charge on any atom is -0.308 e. The Morgan fingerprint density at radius 2 is 2.10 bits per heavy atom. The largest absolute Gasteiger partial charge is 0.308 e.